The molecule has 1 saturated heterocycles. The molecule has 0 amide bonds. The van der Waals surface area contributed by atoms with Crippen LogP contribution in [-0.2, 0) is 4.79 Å². The lowest BCUT2D eigenvalue weighted by Crippen LogP contribution is -2.44. The van der Waals surface area contributed by atoms with Gasteiger partial charge in [0.05, 0.1) is 0 Å². The quantitative estimate of drug-likeness (QED) is 0.751. The zero-order chi connectivity index (χ0) is 12.3. The Morgan fingerprint density at radius 2 is 1.65 bits per heavy atom. The molecule has 0 aromatic rings. The minimum atomic E-state index is 0.359. The van der Waals surface area contributed by atoms with E-state index in [1.165, 1.54) is 32.1 Å². The third kappa shape index (κ3) is 3.31. The van der Waals surface area contributed by atoms with Crippen molar-refractivity contribution in [1.29, 1.82) is 0 Å². The van der Waals surface area contributed by atoms with E-state index in [0.717, 1.165) is 37.9 Å². The van der Waals surface area contributed by atoms with E-state index in [-0.39, 0.29) is 0 Å². The number of carbonyl (C=O) groups excluding carboxylic acids is 1. The second-order valence-corrected chi connectivity index (χ2v) is 6.00. The first-order valence-electron chi connectivity index (χ1n) is 7.45. The number of likely N-dealkylation sites (tertiary alicyclic amines) is 1. The van der Waals surface area contributed by atoms with Crippen molar-refractivity contribution < 1.29 is 4.79 Å². The summed E-state index contributed by atoms with van der Waals surface area (Å²) in [6.07, 6.45) is 9.19. The highest BCUT2D eigenvalue weighted by molar-refractivity contribution is 5.78. The van der Waals surface area contributed by atoms with Gasteiger partial charge in [-0.15, -0.1) is 0 Å². The van der Waals surface area contributed by atoms with E-state index in [9.17, 15) is 4.79 Å². The fourth-order valence-electron chi connectivity index (χ4n) is 3.59. The lowest BCUT2D eigenvalue weighted by atomic mass is 9.82. The molecule has 2 rings (SSSR count). The molecular formula is C15H27NO. The van der Waals surface area contributed by atoms with Gasteiger partial charge in [0.1, 0.15) is 5.78 Å². The number of ketones is 1. The second kappa shape index (κ2) is 5.99. The first kappa shape index (κ1) is 13.1. The Morgan fingerprint density at radius 1 is 1.06 bits per heavy atom. The van der Waals surface area contributed by atoms with E-state index in [4.69, 9.17) is 0 Å². The molecule has 2 aliphatic rings. The largest absolute Gasteiger partial charge is 0.300 e. The van der Waals surface area contributed by atoms with E-state index in [1.807, 2.05) is 0 Å². The summed E-state index contributed by atoms with van der Waals surface area (Å²) in [4.78, 5) is 14.0. The maximum absolute atomic E-state index is 11.3. The molecule has 0 bridgehead atoms. The smallest absolute Gasteiger partial charge is 0.133 e. The zero-order valence-corrected chi connectivity index (χ0v) is 11.5. The number of rotatable bonds is 3. The van der Waals surface area contributed by atoms with Crippen LogP contribution >= 0.6 is 0 Å². The van der Waals surface area contributed by atoms with Crippen molar-refractivity contribution in [3.05, 3.63) is 0 Å². The Hall–Kier alpha value is -0.370. The molecule has 17 heavy (non-hydrogen) atoms. The summed E-state index contributed by atoms with van der Waals surface area (Å²) in [5, 5.41) is 0. The Labute approximate surface area is 106 Å². The summed E-state index contributed by atoms with van der Waals surface area (Å²) in [5.41, 5.74) is 0. The summed E-state index contributed by atoms with van der Waals surface area (Å²) in [6.45, 7) is 6.40. The minimum Gasteiger partial charge on any atom is -0.300 e. The maximum atomic E-state index is 11.3. The highest BCUT2D eigenvalue weighted by Crippen LogP contribution is 2.31. The fraction of sp³-hybridized carbons (Fsp3) is 0.933. The van der Waals surface area contributed by atoms with Crippen LogP contribution in [0, 0.1) is 11.8 Å². The van der Waals surface area contributed by atoms with Gasteiger partial charge in [-0.2, -0.15) is 0 Å². The van der Waals surface area contributed by atoms with Crippen LogP contribution in [0.4, 0.5) is 0 Å². The molecule has 1 heterocycles. The Bertz CT molecular complexity index is 248. The molecule has 1 aliphatic carbocycles. The molecule has 0 aromatic heterocycles. The van der Waals surface area contributed by atoms with Crippen molar-refractivity contribution in [2.24, 2.45) is 11.8 Å². The van der Waals surface area contributed by atoms with E-state index in [0.29, 0.717) is 11.7 Å². The number of hydrogen-bond donors (Lipinski definition) is 0. The van der Waals surface area contributed by atoms with Crippen LogP contribution in [0.3, 0.4) is 0 Å². The van der Waals surface area contributed by atoms with Crippen LogP contribution < -0.4 is 0 Å². The fourth-order valence-corrected chi connectivity index (χ4v) is 3.59. The Kier molecular flexibility index (Phi) is 4.61. The molecule has 0 atom stereocenters. The van der Waals surface area contributed by atoms with Gasteiger partial charge in [-0.25, -0.2) is 0 Å². The molecule has 2 nitrogen and oxygen atoms in total. The highest BCUT2D eigenvalue weighted by atomic mass is 16.1. The molecule has 0 aromatic carbocycles. The molecular weight excluding hydrogens is 210 g/mol. The maximum Gasteiger partial charge on any atom is 0.133 e. The van der Waals surface area contributed by atoms with Crippen LogP contribution in [0.2, 0.25) is 0 Å². The van der Waals surface area contributed by atoms with Gasteiger partial charge in [0.2, 0.25) is 0 Å². The average molecular weight is 237 g/mol. The van der Waals surface area contributed by atoms with Crippen LogP contribution in [0.1, 0.15) is 58.8 Å². The van der Waals surface area contributed by atoms with Gasteiger partial charge in [0.25, 0.3) is 0 Å². The SMILES string of the molecule is CCC1CCC(N2CCC(C(C)=O)CC2)CC1. The van der Waals surface area contributed by atoms with Gasteiger partial charge in [-0.1, -0.05) is 13.3 Å². The summed E-state index contributed by atoms with van der Waals surface area (Å²) < 4.78 is 0. The Balaban J connectivity index is 1.76. The molecule has 1 saturated carbocycles. The number of hydrogen-bond acceptors (Lipinski definition) is 2. The average Bonchev–Trinajstić information content (AvgIpc) is 2.39. The van der Waals surface area contributed by atoms with Crippen molar-refractivity contribution in [2.45, 2.75) is 64.8 Å². The lowest BCUT2D eigenvalue weighted by Gasteiger charge is -2.40. The predicted octanol–water partition coefficient (Wildman–Crippen LogP) is 3.26. The van der Waals surface area contributed by atoms with E-state index in [1.54, 1.807) is 6.92 Å². The molecule has 2 fully saturated rings. The van der Waals surface area contributed by atoms with Crippen LogP contribution in [-0.4, -0.2) is 29.8 Å². The third-order valence-electron chi connectivity index (χ3n) is 5.01. The standard InChI is InChI=1S/C15H27NO/c1-3-13-4-6-15(7-5-13)16-10-8-14(9-11-16)12(2)17/h13-15H,3-11H2,1-2H3. The normalized spacial score (nSPS) is 32.6. The number of carbonyl (C=O) groups is 1. The van der Waals surface area contributed by atoms with Gasteiger partial charge < -0.3 is 4.90 Å². The molecule has 0 N–H and O–H groups in total. The molecule has 0 unspecified atom stereocenters. The van der Waals surface area contributed by atoms with Crippen LogP contribution in [0.15, 0.2) is 0 Å². The minimum absolute atomic E-state index is 0.359. The van der Waals surface area contributed by atoms with Crippen molar-refractivity contribution in [3.63, 3.8) is 0 Å². The summed E-state index contributed by atoms with van der Waals surface area (Å²) >= 11 is 0. The van der Waals surface area contributed by atoms with Crippen LogP contribution in [0.5, 0.6) is 0 Å². The molecule has 2 heteroatoms. The molecule has 0 radical (unpaired) electrons. The zero-order valence-electron chi connectivity index (χ0n) is 11.5. The number of piperidine rings is 1. The van der Waals surface area contributed by atoms with Gasteiger partial charge in [0.15, 0.2) is 0 Å². The molecule has 1 aliphatic heterocycles. The van der Waals surface area contributed by atoms with Crippen molar-refractivity contribution in [2.75, 3.05) is 13.1 Å². The second-order valence-electron chi connectivity index (χ2n) is 6.00. The number of Topliss-reactive ketones (excluding diaryl/α,β-unsaturated/α-hetero) is 1. The first-order chi connectivity index (χ1) is 8.20. The van der Waals surface area contributed by atoms with Gasteiger partial charge in [-0.3, -0.25) is 4.79 Å². The third-order valence-corrected chi connectivity index (χ3v) is 5.01. The van der Waals surface area contributed by atoms with Crippen molar-refractivity contribution in [3.8, 4) is 0 Å². The van der Waals surface area contributed by atoms with E-state index >= 15 is 0 Å². The monoisotopic (exact) mass is 237 g/mol. The van der Waals surface area contributed by atoms with E-state index in [2.05, 4.69) is 11.8 Å². The van der Waals surface area contributed by atoms with Gasteiger partial charge in [-0.05, 0) is 64.5 Å². The first-order valence-corrected chi connectivity index (χ1v) is 7.45. The highest BCUT2D eigenvalue weighted by Gasteiger charge is 2.29. The number of nitrogens with zero attached hydrogens (tertiary/aromatic N) is 1. The van der Waals surface area contributed by atoms with E-state index < -0.39 is 0 Å². The topological polar surface area (TPSA) is 20.3 Å². The molecule has 98 valence electrons. The van der Waals surface area contributed by atoms with Crippen molar-refractivity contribution in [1.82, 2.24) is 4.90 Å². The van der Waals surface area contributed by atoms with Crippen molar-refractivity contribution >= 4 is 5.78 Å². The summed E-state index contributed by atoms with van der Waals surface area (Å²) in [5.74, 6) is 1.75. The van der Waals surface area contributed by atoms with Gasteiger partial charge in [0, 0.05) is 12.0 Å². The van der Waals surface area contributed by atoms with Crippen LogP contribution in [0.25, 0.3) is 0 Å². The Morgan fingerprint density at radius 3 is 2.12 bits per heavy atom. The predicted molar refractivity (Wildman–Crippen MR) is 71.0 cm³/mol. The lowest BCUT2D eigenvalue weighted by molar-refractivity contribution is -0.122. The molecule has 0 spiro atoms. The van der Waals surface area contributed by atoms with Gasteiger partial charge >= 0.3 is 0 Å². The summed E-state index contributed by atoms with van der Waals surface area (Å²) in [7, 11) is 0. The summed E-state index contributed by atoms with van der Waals surface area (Å²) in [6, 6.07) is 0.825.